The molecule has 1 aliphatic heterocycles. The molecule has 4 aromatic heterocycles. The van der Waals surface area contributed by atoms with Crippen LogP contribution < -0.4 is 10.2 Å². The van der Waals surface area contributed by atoms with Gasteiger partial charge in [0.25, 0.3) is 5.91 Å². The number of fused-ring (bicyclic) bond motifs is 1. The molecule has 1 saturated heterocycles. The second-order valence-electron chi connectivity index (χ2n) is 7.99. The van der Waals surface area contributed by atoms with Crippen molar-refractivity contribution >= 4 is 39.7 Å². The van der Waals surface area contributed by atoms with Crippen molar-refractivity contribution < 1.29 is 4.79 Å². The predicted molar refractivity (Wildman–Crippen MR) is 125 cm³/mol. The Labute approximate surface area is 189 Å². The van der Waals surface area contributed by atoms with E-state index in [1.54, 1.807) is 24.7 Å². The molecule has 32 heavy (non-hydrogen) atoms. The van der Waals surface area contributed by atoms with Gasteiger partial charge in [0.1, 0.15) is 22.3 Å². The van der Waals surface area contributed by atoms with E-state index in [9.17, 15) is 4.79 Å². The third-order valence-corrected chi connectivity index (χ3v) is 6.38. The molecule has 0 bridgehead atoms. The number of nitrogens with one attached hydrogen (secondary N) is 1. The fourth-order valence-corrected chi connectivity index (χ4v) is 4.17. The number of rotatable bonds is 5. The highest BCUT2D eigenvalue weighted by atomic mass is 32.1. The first-order valence-electron chi connectivity index (χ1n) is 10.2. The summed E-state index contributed by atoms with van der Waals surface area (Å²) in [6.07, 6.45) is 5.12. The van der Waals surface area contributed by atoms with Crippen LogP contribution in [0, 0.1) is 6.92 Å². The lowest BCUT2D eigenvalue weighted by atomic mass is 10.1. The number of anilines is 2. The lowest BCUT2D eigenvalue weighted by Crippen LogP contribution is -2.57. The summed E-state index contributed by atoms with van der Waals surface area (Å²) in [7, 11) is 4.15. The van der Waals surface area contributed by atoms with Crippen LogP contribution in [-0.4, -0.2) is 69.2 Å². The smallest absolute Gasteiger partial charge is 0.257 e. The maximum absolute atomic E-state index is 12.9. The van der Waals surface area contributed by atoms with Gasteiger partial charge in [-0.3, -0.25) is 9.78 Å². The highest BCUT2D eigenvalue weighted by Gasteiger charge is 2.29. The summed E-state index contributed by atoms with van der Waals surface area (Å²) in [5, 5.41) is 14.6. The number of hydrogen-bond acceptors (Lipinski definition) is 9. The molecular formula is C22H22N8OS. The van der Waals surface area contributed by atoms with E-state index in [0.29, 0.717) is 17.4 Å². The number of hydrogen-bond donors (Lipinski definition) is 1. The van der Waals surface area contributed by atoms with Crippen molar-refractivity contribution in [3.05, 3.63) is 53.4 Å². The van der Waals surface area contributed by atoms with E-state index >= 15 is 0 Å². The van der Waals surface area contributed by atoms with Crippen LogP contribution in [0.3, 0.4) is 0 Å². The Balaban J connectivity index is 1.34. The van der Waals surface area contributed by atoms with Crippen molar-refractivity contribution in [1.29, 1.82) is 0 Å². The normalized spacial score (nSPS) is 14.1. The van der Waals surface area contributed by atoms with Gasteiger partial charge in [-0.25, -0.2) is 9.97 Å². The summed E-state index contributed by atoms with van der Waals surface area (Å²) >= 11 is 1.49. The number of carbonyl (C=O) groups excluding carboxylic acids is 1. The first-order valence-corrected chi connectivity index (χ1v) is 11.0. The molecule has 1 amide bonds. The summed E-state index contributed by atoms with van der Waals surface area (Å²) in [5.41, 5.74) is 1.29. The van der Waals surface area contributed by atoms with E-state index in [2.05, 4.69) is 54.4 Å². The number of likely N-dealkylation sites (N-methyl/N-ethyl adjacent to an activating group) is 1. The molecular weight excluding hydrogens is 424 g/mol. The second kappa shape index (κ2) is 8.21. The average Bonchev–Trinajstić information content (AvgIpc) is 3.18. The Morgan fingerprint density at radius 1 is 1.09 bits per heavy atom. The second-order valence-corrected chi connectivity index (χ2v) is 9.17. The van der Waals surface area contributed by atoms with Gasteiger partial charge in [0, 0.05) is 48.7 Å². The van der Waals surface area contributed by atoms with E-state index in [0.717, 1.165) is 45.4 Å². The zero-order valence-corrected chi connectivity index (χ0v) is 18.8. The average molecular weight is 447 g/mol. The molecule has 0 spiro atoms. The third-order valence-electron chi connectivity index (χ3n) is 5.51. The molecule has 9 nitrogen and oxygen atoms in total. The Hall–Kier alpha value is -3.50. The molecule has 1 N–H and O–H groups in total. The molecule has 5 rings (SSSR count). The minimum absolute atomic E-state index is 0.223. The van der Waals surface area contributed by atoms with Gasteiger partial charge in [-0.1, -0.05) is 11.3 Å². The van der Waals surface area contributed by atoms with Gasteiger partial charge in [-0.15, -0.1) is 10.2 Å². The number of aromatic nitrogens is 5. The number of nitrogens with zero attached hydrogens (tertiary/aromatic N) is 7. The van der Waals surface area contributed by atoms with Crippen LogP contribution >= 0.6 is 11.3 Å². The van der Waals surface area contributed by atoms with Gasteiger partial charge in [-0.05, 0) is 50.7 Å². The van der Waals surface area contributed by atoms with Crippen LogP contribution in [0.2, 0.25) is 0 Å². The van der Waals surface area contributed by atoms with Crippen LogP contribution in [0.15, 0.2) is 42.9 Å². The first-order chi connectivity index (χ1) is 15.5. The molecule has 10 heteroatoms. The molecule has 0 saturated carbocycles. The van der Waals surface area contributed by atoms with Gasteiger partial charge >= 0.3 is 0 Å². The van der Waals surface area contributed by atoms with E-state index in [4.69, 9.17) is 0 Å². The van der Waals surface area contributed by atoms with Gasteiger partial charge in [0.2, 0.25) is 0 Å². The number of aryl methyl sites for hydroxylation is 1. The maximum atomic E-state index is 12.9. The Morgan fingerprint density at radius 2 is 1.91 bits per heavy atom. The maximum Gasteiger partial charge on any atom is 0.257 e. The minimum atomic E-state index is -0.223. The van der Waals surface area contributed by atoms with Crippen molar-refractivity contribution in [2.24, 2.45) is 0 Å². The third kappa shape index (κ3) is 4.02. The molecule has 4 aromatic rings. The molecule has 0 atom stereocenters. The number of pyridine rings is 3. The van der Waals surface area contributed by atoms with Crippen molar-refractivity contribution in [2.75, 3.05) is 37.4 Å². The van der Waals surface area contributed by atoms with Crippen molar-refractivity contribution in [2.45, 2.75) is 13.0 Å². The Morgan fingerprint density at radius 3 is 2.66 bits per heavy atom. The fraction of sp³-hybridized carbons (Fsp3) is 0.273. The predicted octanol–water partition coefficient (Wildman–Crippen LogP) is 2.85. The highest BCUT2D eigenvalue weighted by molar-refractivity contribution is 7.14. The lowest BCUT2D eigenvalue weighted by Gasteiger charge is -2.43. The van der Waals surface area contributed by atoms with E-state index in [-0.39, 0.29) is 5.91 Å². The zero-order valence-electron chi connectivity index (χ0n) is 18.0. The topological polar surface area (TPSA) is 100 Å². The van der Waals surface area contributed by atoms with E-state index in [1.165, 1.54) is 11.3 Å². The molecule has 0 aromatic carbocycles. The van der Waals surface area contributed by atoms with Crippen LogP contribution in [0.25, 0.3) is 21.5 Å². The lowest BCUT2D eigenvalue weighted by molar-refractivity contribution is 0.102. The van der Waals surface area contributed by atoms with E-state index in [1.807, 2.05) is 25.1 Å². The molecule has 0 aliphatic carbocycles. The zero-order chi connectivity index (χ0) is 22.2. The molecule has 1 aliphatic rings. The monoisotopic (exact) mass is 446 g/mol. The van der Waals surface area contributed by atoms with Gasteiger partial charge < -0.3 is 15.1 Å². The highest BCUT2D eigenvalue weighted by Crippen LogP contribution is 2.26. The SMILES string of the molecule is Cc1nnc(-c2cc3cc(NC(=O)c4ccnc(N5CC(N(C)C)C5)c4)ncc3cn2)s1. The Bertz CT molecular complexity index is 1300. The van der Waals surface area contributed by atoms with Crippen LogP contribution in [0.5, 0.6) is 0 Å². The fourth-order valence-electron chi connectivity index (χ4n) is 3.51. The molecule has 0 unspecified atom stereocenters. The van der Waals surface area contributed by atoms with Crippen molar-refractivity contribution in [3.63, 3.8) is 0 Å². The summed E-state index contributed by atoms with van der Waals surface area (Å²) in [6.45, 7) is 3.72. The van der Waals surface area contributed by atoms with Crippen LogP contribution in [0.4, 0.5) is 11.6 Å². The number of amides is 1. The standard InChI is InChI=1S/C22H22N8OS/c1-13-27-28-22(32-13)18-6-15-7-19(25-10-16(15)9-24-18)26-21(31)14-4-5-23-20(8-14)30-11-17(12-30)29(2)3/h4-10,17H,11-12H2,1-3H3,(H,25,26,31). The Kier molecular flexibility index (Phi) is 5.24. The van der Waals surface area contributed by atoms with Crippen LogP contribution in [-0.2, 0) is 0 Å². The number of carbonyl (C=O) groups is 1. The van der Waals surface area contributed by atoms with E-state index < -0.39 is 0 Å². The molecule has 1 fully saturated rings. The minimum Gasteiger partial charge on any atom is -0.353 e. The first kappa shape index (κ1) is 20.4. The largest absolute Gasteiger partial charge is 0.353 e. The van der Waals surface area contributed by atoms with Crippen molar-refractivity contribution in [1.82, 2.24) is 30.0 Å². The molecule has 0 radical (unpaired) electrons. The van der Waals surface area contributed by atoms with Gasteiger partial charge in [-0.2, -0.15) is 0 Å². The quantitative estimate of drug-likeness (QED) is 0.500. The summed E-state index contributed by atoms with van der Waals surface area (Å²) in [4.78, 5) is 30.5. The van der Waals surface area contributed by atoms with Crippen molar-refractivity contribution in [3.8, 4) is 10.7 Å². The summed E-state index contributed by atoms with van der Waals surface area (Å²) < 4.78 is 0. The molecule has 162 valence electrons. The van der Waals surface area contributed by atoms with Gasteiger partial charge in [0.15, 0.2) is 5.01 Å². The van der Waals surface area contributed by atoms with Crippen LogP contribution in [0.1, 0.15) is 15.4 Å². The summed E-state index contributed by atoms with van der Waals surface area (Å²) in [6, 6.07) is 7.82. The molecule has 5 heterocycles. The van der Waals surface area contributed by atoms with Gasteiger partial charge in [0.05, 0.1) is 0 Å². The summed E-state index contributed by atoms with van der Waals surface area (Å²) in [5.74, 6) is 1.06.